The normalized spacial score (nSPS) is 17.4. The van der Waals surface area contributed by atoms with Gasteiger partial charge in [-0.1, -0.05) is 18.2 Å². The summed E-state index contributed by atoms with van der Waals surface area (Å²) in [5.74, 6) is -1.70. The standard InChI is InChI=1S/C18H20F4N4O2/c1-17(2,3)28-16(27)25-8-9-26-14(23-24-15(26)18(20,21)22)13(25)10-11-6-4-5-7-12(11)19/h4-7,13H,8-10H2,1-3H3. The number of hydrogen-bond donors (Lipinski definition) is 0. The Kier molecular flexibility index (Phi) is 5.07. The summed E-state index contributed by atoms with van der Waals surface area (Å²) in [5.41, 5.74) is -0.534. The number of rotatable bonds is 2. The van der Waals surface area contributed by atoms with E-state index in [0.717, 1.165) is 4.57 Å². The summed E-state index contributed by atoms with van der Waals surface area (Å²) in [6.45, 7) is 4.88. The maximum atomic E-state index is 14.2. The second-order valence-corrected chi connectivity index (χ2v) is 7.52. The van der Waals surface area contributed by atoms with E-state index in [1.54, 1.807) is 26.8 Å². The van der Waals surface area contributed by atoms with Gasteiger partial charge < -0.3 is 9.30 Å². The van der Waals surface area contributed by atoms with Gasteiger partial charge in [0.1, 0.15) is 11.4 Å². The van der Waals surface area contributed by atoms with Crippen molar-refractivity contribution in [3.8, 4) is 0 Å². The van der Waals surface area contributed by atoms with Crippen molar-refractivity contribution in [3.05, 3.63) is 47.3 Å². The van der Waals surface area contributed by atoms with Crippen molar-refractivity contribution in [2.24, 2.45) is 0 Å². The molecule has 1 unspecified atom stereocenters. The quantitative estimate of drug-likeness (QED) is 0.716. The minimum absolute atomic E-state index is 0.0395. The van der Waals surface area contributed by atoms with Crippen molar-refractivity contribution >= 4 is 6.09 Å². The molecule has 152 valence electrons. The highest BCUT2D eigenvalue weighted by atomic mass is 19.4. The van der Waals surface area contributed by atoms with Gasteiger partial charge in [0.15, 0.2) is 5.82 Å². The van der Waals surface area contributed by atoms with Crippen LogP contribution < -0.4 is 0 Å². The second-order valence-electron chi connectivity index (χ2n) is 7.52. The van der Waals surface area contributed by atoms with Crippen LogP contribution in [0.4, 0.5) is 22.4 Å². The van der Waals surface area contributed by atoms with Gasteiger partial charge >= 0.3 is 12.3 Å². The summed E-state index contributed by atoms with van der Waals surface area (Å²) >= 11 is 0. The summed E-state index contributed by atoms with van der Waals surface area (Å²) in [6, 6.07) is 4.95. The highest BCUT2D eigenvalue weighted by Gasteiger charge is 2.43. The number of carbonyl (C=O) groups excluding carboxylic acids is 1. The molecule has 3 rings (SSSR count). The van der Waals surface area contributed by atoms with Crippen LogP contribution in [0.1, 0.15) is 44.0 Å². The van der Waals surface area contributed by atoms with Crippen LogP contribution in [0.15, 0.2) is 24.3 Å². The monoisotopic (exact) mass is 400 g/mol. The molecule has 0 radical (unpaired) electrons. The predicted octanol–water partition coefficient (Wildman–Crippen LogP) is 3.97. The Morgan fingerprint density at radius 3 is 2.46 bits per heavy atom. The molecule has 1 aliphatic heterocycles. The molecule has 0 N–H and O–H groups in total. The Balaban J connectivity index is 2.01. The zero-order valence-electron chi connectivity index (χ0n) is 15.6. The van der Waals surface area contributed by atoms with E-state index in [1.807, 2.05) is 0 Å². The maximum Gasteiger partial charge on any atom is 0.451 e. The number of carbonyl (C=O) groups is 1. The summed E-state index contributed by atoms with van der Waals surface area (Å²) in [7, 11) is 0. The van der Waals surface area contributed by atoms with Gasteiger partial charge in [-0.05, 0) is 32.4 Å². The summed E-state index contributed by atoms with van der Waals surface area (Å²) in [5, 5.41) is 6.95. The lowest BCUT2D eigenvalue weighted by atomic mass is 10.0. The van der Waals surface area contributed by atoms with Gasteiger partial charge in [-0.25, -0.2) is 9.18 Å². The fourth-order valence-electron chi connectivity index (χ4n) is 3.11. The Morgan fingerprint density at radius 2 is 1.86 bits per heavy atom. The number of ether oxygens (including phenoxy) is 1. The van der Waals surface area contributed by atoms with E-state index in [1.165, 1.54) is 23.1 Å². The number of fused-ring (bicyclic) bond motifs is 1. The van der Waals surface area contributed by atoms with E-state index in [2.05, 4.69) is 10.2 Å². The molecule has 0 spiro atoms. The predicted molar refractivity (Wildman–Crippen MR) is 90.8 cm³/mol. The van der Waals surface area contributed by atoms with Crippen molar-refractivity contribution < 1.29 is 27.1 Å². The number of halogens is 4. The van der Waals surface area contributed by atoms with Crippen LogP contribution in [0.25, 0.3) is 0 Å². The second kappa shape index (κ2) is 7.06. The number of amides is 1. The van der Waals surface area contributed by atoms with Crippen LogP contribution in [0.3, 0.4) is 0 Å². The van der Waals surface area contributed by atoms with E-state index >= 15 is 0 Å². The average Bonchev–Trinajstić information content (AvgIpc) is 3.00. The van der Waals surface area contributed by atoms with Gasteiger partial charge in [0.25, 0.3) is 0 Å². The Morgan fingerprint density at radius 1 is 1.18 bits per heavy atom. The molecular weight excluding hydrogens is 380 g/mol. The van der Waals surface area contributed by atoms with Gasteiger partial charge in [-0.15, -0.1) is 10.2 Å². The number of hydrogen-bond acceptors (Lipinski definition) is 4. The lowest BCUT2D eigenvalue weighted by molar-refractivity contribution is -0.148. The average molecular weight is 400 g/mol. The van der Waals surface area contributed by atoms with Crippen molar-refractivity contribution in [1.82, 2.24) is 19.7 Å². The van der Waals surface area contributed by atoms with Gasteiger partial charge in [0.2, 0.25) is 5.82 Å². The largest absolute Gasteiger partial charge is 0.451 e. The topological polar surface area (TPSA) is 60.2 Å². The molecule has 10 heteroatoms. The first-order valence-electron chi connectivity index (χ1n) is 8.70. The molecule has 28 heavy (non-hydrogen) atoms. The van der Waals surface area contributed by atoms with E-state index in [9.17, 15) is 22.4 Å². The minimum Gasteiger partial charge on any atom is -0.444 e. The molecule has 0 fully saturated rings. The molecule has 1 aromatic carbocycles. The van der Waals surface area contributed by atoms with Gasteiger partial charge in [-0.2, -0.15) is 13.2 Å². The third-order valence-corrected chi connectivity index (χ3v) is 4.27. The van der Waals surface area contributed by atoms with Gasteiger partial charge in [0, 0.05) is 19.5 Å². The maximum absolute atomic E-state index is 14.2. The zero-order chi connectivity index (χ0) is 20.7. The number of aromatic nitrogens is 3. The molecule has 2 aromatic rings. The molecule has 6 nitrogen and oxygen atoms in total. The fraction of sp³-hybridized carbons (Fsp3) is 0.500. The molecule has 1 aromatic heterocycles. The first-order valence-corrected chi connectivity index (χ1v) is 8.70. The minimum atomic E-state index is -4.68. The van der Waals surface area contributed by atoms with Crippen LogP contribution in [-0.4, -0.2) is 37.9 Å². The Hall–Kier alpha value is -2.65. The molecule has 2 heterocycles. The third-order valence-electron chi connectivity index (χ3n) is 4.27. The zero-order valence-corrected chi connectivity index (χ0v) is 15.6. The van der Waals surface area contributed by atoms with E-state index in [4.69, 9.17) is 4.74 Å². The molecule has 1 amide bonds. The smallest absolute Gasteiger partial charge is 0.444 e. The first kappa shape index (κ1) is 20.1. The van der Waals surface area contributed by atoms with E-state index < -0.39 is 35.6 Å². The summed E-state index contributed by atoms with van der Waals surface area (Å²) in [6.07, 6.45) is -5.43. The van der Waals surface area contributed by atoms with Crippen LogP contribution in [0, 0.1) is 5.82 Å². The molecule has 0 bridgehead atoms. The number of benzene rings is 1. The van der Waals surface area contributed by atoms with Crippen LogP contribution in [-0.2, 0) is 23.9 Å². The van der Waals surface area contributed by atoms with E-state index in [0.29, 0.717) is 0 Å². The van der Waals surface area contributed by atoms with Crippen molar-refractivity contribution in [1.29, 1.82) is 0 Å². The van der Waals surface area contributed by atoms with Gasteiger partial charge in [-0.3, -0.25) is 4.90 Å². The molecule has 0 saturated heterocycles. The van der Waals surface area contributed by atoms with Crippen molar-refractivity contribution in [3.63, 3.8) is 0 Å². The molecule has 1 aliphatic rings. The molecule has 0 aliphatic carbocycles. The first-order chi connectivity index (χ1) is 13.0. The van der Waals surface area contributed by atoms with Crippen LogP contribution in [0.5, 0.6) is 0 Å². The van der Waals surface area contributed by atoms with Crippen molar-refractivity contribution in [2.45, 2.75) is 51.6 Å². The molecule has 0 saturated carbocycles. The highest BCUT2D eigenvalue weighted by Crippen LogP contribution is 2.35. The number of nitrogens with zero attached hydrogens (tertiary/aromatic N) is 4. The number of alkyl halides is 3. The lowest BCUT2D eigenvalue weighted by Gasteiger charge is -2.37. The SMILES string of the molecule is CC(C)(C)OC(=O)N1CCn2c(nnc2C(F)(F)F)C1Cc1ccccc1F. The summed E-state index contributed by atoms with van der Waals surface area (Å²) < 4.78 is 60.1. The lowest BCUT2D eigenvalue weighted by Crippen LogP contribution is -2.46. The summed E-state index contributed by atoms with van der Waals surface area (Å²) in [4.78, 5) is 13.9. The Bertz CT molecular complexity index is 873. The highest BCUT2D eigenvalue weighted by molar-refractivity contribution is 5.69. The fourth-order valence-corrected chi connectivity index (χ4v) is 3.11. The molecular formula is C18H20F4N4O2. The van der Waals surface area contributed by atoms with Crippen LogP contribution >= 0.6 is 0 Å². The van der Waals surface area contributed by atoms with Gasteiger partial charge in [0.05, 0.1) is 6.04 Å². The van der Waals surface area contributed by atoms with E-state index in [-0.39, 0.29) is 30.9 Å². The third kappa shape index (κ3) is 4.10. The van der Waals surface area contributed by atoms with Crippen LogP contribution in [0.2, 0.25) is 0 Å². The van der Waals surface area contributed by atoms with Crippen molar-refractivity contribution in [2.75, 3.05) is 6.54 Å². The molecule has 1 atom stereocenters. The Labute approximate surface area is 159 Å².